The van der Waals surface area contributed by atoms with Gasteiger partial charge in [-0.2, -0.15) is 0 Å². The van der Waals surface area contributed by atoms with E-state index in [9.17, 15) is 9.18 Å². The second-order valence-electron chi connectivity index (χ2n) is 6.79. The number of hydrogen-bond donors (Lipinski definition) is 1. The maximum absolute atomic E-state index is 13.6. The second-order valence-corrected chi connectivity index (χ2v) is 6.79. The molecule has 1 atom stereocenters. The molecule has 0 spiro atoms. The Labute approximate surface area is 147 Å². The number of rotatable bonds is 5. The first-order valence-corrected chi connectivity index (χ1v) is 8.78. The van der Waals surface area contributed by atoms with Crippen molar-refractivity contribution in [3.8, 4) is 0 Å². The van der Waals surface area contributed by atoms with Gasteiger partial charge < -0.3 is 14.6 Å². The van der Waals surface area contributed by atoms with Crippen LogP contribution in [0.3, 0.4) is 0 Å². The van der Waals surface area contributed by atoms with Crippen LogP contribution in [-0.2, 0) is 16.1 Å². The van der Waals surface area contributed by atoms with Gasteiger partial charge in [0.2, 0.25) is 5.91 Å². The molecule has 25 heavy (non-hydrogen) atoms. The van der Waals surface area contributed by atoms with Crippen molar-refractivity contribution in [1.82, 2.24) is 14.8 Å². The second kappa shape index (κ2) is 7.54. The molecule has 1 aromatic carbocycles. The van der Waals surface area contributed by atoms with Crippen molar-refractivity contribution in [2.75, 3.05) is 32.8 Å². The van der Waals surface area contributed by atoms with Crippen LogP contribution in [0.15, 0.2) is 18.2 Å². The molecule has 1 aliphatic heterocycles. The monoisotopic (exact) mass is 347 g/mol. The summed E-state index contributed by atoms with van der Waals surface area (Å²) < 4.78 is 21.2. The van der Waals surface area contributed by atoms with Crippen LogP contribution in [0.2, 0.25) is 0 Å². The van der Waals surface area contributed by atoms with Crippen molar-refractivity contribution in [3.63, 3.8) is 0 Å². The molecule has 0 aliphatic carbocycles. The molecule has 2 aromatic rings. The van der Waals surface area contributed by atoms with Gasteiger partial charge in [-0.15, -0.1) is 0 Å². The van der Waals surface area contributed by atoms with E-state index in [-0.39, 0.29) is 17.8 Å². The lowest BCUT2D eigenvalue weighted by atomic mass is 10.1. The molecular weight excluding hydrogens is 321 g/mol. The average molecular weight is 347 g/mol. The molecule has 5 nitrogen and oxygen atoms in total. The predicted molar refractivity (Wildman–Crippen MR) is 96.2 cm³/mol. The summed E-state index contributed by atoms with van der Waals surface area (Å²) in [6.45, 7) is 10.3. The maximum Gasteiger partial charge on any atom is 0.217 e. The lowest BCUT2D eigenvalue weighted by molar-refractivity contribution is -0.120. The zero-order valence-corrected chi connectivity index (χ0v) is 15.1. The molecule has 0 saturated carbocycles. The summed E-state index contributed by atoms with van der Waals surface area (Å²) in [5, 5.41) is 4.01. The van der Waals surface area contributed by atoms with Crippen molar-refractivity contribution in [3.05, 3.63) is 35.3 Å². The number of morpholine rings is 1. The summed E-state index contributed by atoms with van der Waals surface area (Å²) in [7, 11) is 0. The Kier molecular flexibility index (Phi) is 5.39. The average Bonchev–Trinajstić information content (AvgIpc) is 2.80. The molecule has 1 amide bonds. The number of carbonyl (C=O) groups is 1. The van der Waals surface area contributed by atoms with Crippen molar-refractivity contribution in [1.29, 1.82) is 0 Å². The standard InChI is InChI=1S/C19H26FN3O2/c1-13-14(2)23(19-5-4-16(20)10-18(13)19)12-17(21-15(3)24)11-22-6-8-25-9-7-22/h4-5,10,17H,6-9,11-12H2,1-3H3,(H,21,24). The summed E-state index contributed by atoms with van der Waals surface area (Å²) in [5.74, 6) is -0.255. The summed E-state index contributed by atoms with van der Waals surface area (Å²) >= 11 is 0. The molecule has 1 aromatic heterocycles. The molecule has 136 valence electrons. The summed E-state index contributed by atoms with van der Waals surface area (Å²) in [5.41, 5.74) is 3.20. The molecular formula is C19H26FN3O2. The molecule has 1 saturated heterocycles. The lowest BCUT2D eigenvalue weighted by Gasteiger charge is -2.31. The zero-order valence-electron chi connectivity index (χ0n) is 15.1. The van der Waals surface area contributed by atoms with Gasteiger partial charge >= 0.3 is 0 Å². The number of hydrogen-bond acceptors (Lipinski definition) is 3. The van der Waals surface area contributed by atoms with E-state index in [0.717, 1.165) is 55.0 Å². The number of carbonyl (C=O) groups excluding carboxylic acids is 1. The van der Waals surface area contributed by atoms with Crippen molar-refractivity contribution >= 4 is 16.8 Å². The number of amides is 1. The van der Waals surface area contributed by atoms with Crippen LogP contribution in [0.25, 0.3) is 10.9 Å². The molecule has 1 fully saturated rings. The Bertz CT molecular complexity index is 766. The lowest BCUT2D eigenvalue weighted by Crippen LogP contribution is -2.48. The highest BCUT2D eigenvalue weighted by Gasteiger charge is 2.20. The number of ether oxygens (including phenoxy) is 1. The molecule has 1 aliphatic rings. The summed E-state index contributed by atoms with van der Waals surface area (Å²) in [4.78, 5) is 14.0. The highest BCUT2D eigenvalue weighted by molar-refractivity contribution is 5.85. The Hall–Kier alpha value is -1.92. The van der Waals surface area contributed by atoms with E-state index in [2.05, 4.69) is 14.8 Å². The number of aromatic nitrogens is 1. The minimum Gasteiger partial charge on any atom is -0.379 e. The Morgan fingerprint density at radius 1 is 1.28 bits per heavy atom. The number of aryl methyl sites for hydroxylation is 1. The molecule has 1 unspecified atom stereocenters. The van der Waals surface area contributed by atoms with Crippen molar-refractivity contribution in [2.45, 2.75) is 33.4 Å². The molecule has 0 bridgehead atoms. The van der Waals surface area contributed by atoms with Gasteiger partial charge in [0.25, 0.3) is 0 Å². The normalized spacial score (nSPS) is 17.0. The van der Waals surface area contributed by atoms with Gasteiger partial charge in [-0.05, 0) is 37.6 Å². The van der Waals surface area contributed by atoms with E-state index in [4.69, 9.17) is 4.74 Å². The van der Waals surface area contributed by atoms with E-state index in [0.29, 0.717) is 6.54 Å². The van der Waals surface area contributed by atoms with Gasteiger partial charge in [-0.25, -0.2) is 4.39 Å². The van der Waals surface area contributed by atoms with Gasteiger partial charge in [0.15, 0.2) is 0 Å². The molecule has 2 heterocycles. The largest absolute Gasteiger partial charge is 0.379 e. The number of fused-ring (bicyclic) bond motifs is 1. The van der Waals surface area contributed by atoms with Gasteiger partial charge in [0.05, 0.1) is 19.3 Å². The summed E-state index contributed by atoms with van der Waals surface area (Å²) in [6, 6.07) is 4.90. The smallest absolute Gasteiger partial charge is 0.217 e. The fourth-order valence-electron chi connectivity index (χ4n) is 3.61. The zero-order chi connectivity index (χ0) is 18.0. The number of halogens is 1. The molecule has 6 heteroatoms. The van der Waals surface area contributed by atoms with E-state index in [1.807, 2.05) is 19.9 Å². The van der Waals surface area contributed by atoms with Crippen LogP contribution < -0.4 is 5.32 Å². The van der Waals surface area contributed by atoms with Crippen LogP contribution in [0.1, 0.15) is 18.2 Å². The third-order valence-corrected chi connectivity index (χ3v) is 4.99. The predicted octanol–water partition coefficient (Wildman–Crippen LogP) is 2.23. The van der Waals surface area contributed by atoms with Gasteiger partial charge in [-0.3, -0.25) is 9.69 Å². The minimum absolute atomic E-state index is 0.00523. The number of benzene rings is 1. The van der Waals surface area contributed by atoms with Gasteiger partial charge in [-0.1, -0.05) is 0 Å². The van der Waals surface area contributed by atoms with Gasteiger partial charge in [0, 0.05) is 49.7 Å². The van der Waals surface area contributed by atoms with Crippen LogP contribution in [0, 0.1) is 19.7 Å². The van der Waals surface area contributed by atoms with Crippen LogP contribution in [-0.4, -0.2) is 54.3 Å². The first kappa shape index (κ1) is 17.9. The first-order valence-electron chi connectivity index (χ1n) is 8.78. The van der Waals surface area contributed by atoms with E-state index < -0.39 is 0 Å². The highest BCUT2D eigenvalue weighted by atomic mass is 19.1. The third-order valence-electron chi connectivity index (χ3n) is 4.99. The van der Waals surface area contributed by atoms with Crippen LogP contribution >= 0.6 is 0 Å². The number of nitrogens with zero attached hydrogens (tertiary/aromatic N) is 2. The van der Waals surface area contributed by atoms with Crippen LogP contribution in [0.4, 0.5) is 4.39 Å². The Morgan fingerprint density at radius 2 is 2.00 bits per heavy atom. The van der Waals surface area contributed by atoms with E-state index >= 15 is 0 Å². The van der Waals surface area contributed by atoms with E-state index in [1.54, 1.807) is 13.0 Å². The molecule has 0 radical (unpaired) electrons. The highest BCUT2D eigenvalue weighted by Crippen LogP contribution is 2.26. The van der Waals surface area contributed by atoms with Gasteiger partial charge in [0.1, 0.15) is 5.82 Å². The number of nitrogens with one attached hydrogen (secondary N) is 1. The fraction of sp³-hybridized carbons (Fsp3) is 0.526. The minimum atomic E-state index is -0.223. The Balaban J connectivity index is 1.86. The maximum atomic E-state index is 13.6. The molecule has 1 N–H and O–H groups in total. The quantitative estimate of drug-likeness (QED) is 0.902. The van der Waals surface area contributed by atoms with Crippen molar-refractivity contribution < 1.29 is 13.9 Å². The molecule has 3 rings (SSSR count). The SMILES string of the molecule is CC(=O)NC(CN1CCOCC1)Cn1c(C)c(C)c2cc(F)ccc21. The third kappa shape index (κ3) is 4.02. The Morgan fingerprint density at radius 3 is 2.68 bits per heavy atom. The summed E-state index contributed by atoms with van der Waals surface area (Å²) in [6.07, 6.45) is 0. The topological polar surface area (TPSA) is 46.5 Å². The first-order chi connectivity index (χ1) is 12.0. The van der Waals surface area contributed by atoms with Crippen LogP contribution in [0.5, 0.6) is 0 Å². The fourth-order valence-corrected chi connectivity index (χ4v) is 3.61. The van der Waals surface area contributed by atoms with Crippen molar-refractivity contribution in [2.24, 2.45) is 0 Å². The van der Waals surface area contributed by atoms with E-state index in [1.165, 1.54) is 6.07 Å².